The zero-order valence-electron chi connectivity index (χ0n) is 11.8. The van der Waals surface area contributed by atoms with Crippen LogP contribution in [0.25, 0.3) is 0 Å². The van der Waals surface area contributed by atoms with Gasteiger partial charge in [-0.25, -0.2) is 8.42 Å². The molecule has 106 valence electrons. The standard InChI is InChI=1S/C15H18N2O2S/c1-10-8-13(16)12(3)15(9-10)20(18,19)17-14-7-5-4-6-11(14)2/h4-9,17H,16H2,1-3H3. The molecule has 0 heterocycles. The predicted octanol–water partition coefficient (Wildman–Crippen LogP) is 2.99. The summed E-state index contributed by atoms with van der Waals surface area (Å²) in [6.45, 7) is 5.39. The van der Waals surface area contributed by atoms with E-state index in [-0.39, 0.29) is 4.90 Å². The molecule has 0 amide bonds. The van der Waals surface area contributed by atoms with Crippen molar-refractivity contribution in [2.45, 2.75) is 25.7 Å². The van der Waals surface area contributed by atoms with Crippen molar-refractivity contribution >= 4 is 21.4 Å². The fourth-order valence-corrected chi connectivity index (χ4v) is 3.51. The Morgan fingerprint density at radius 3 is 2.35 bits per heavy atom. The Morgan fingerprint density at radius 1 is 1.05 bits per heavy atom. The van der Waals surface area contributed by atoms with Crippen LogP contribution in [0, 0.1) is 20.8 Å². The summed E-state index contributed by atoms with van der Waals surface area (Å²) in [4.78, 5) is 0.221. The average molecular weight is 290 g/mol. The van der Waals surface area contributed by atoms with Gasteiger partial charge in [-0.05, 0) is 55.7 Å². The molecule has 2 aromatic carbocycles. The number of nitrogens with two attached hydrogens (primary N) is 1. The zero-order valence-corrected chi connectivity index (χ0v) is 12.6. The van der Waals surface area contributed by atoms with E-state index in [9.17, 15) is 8.42 Å². The SMILES string of the molecule is Cc1cc(N)c(C)c(S(=O)(=O)Nc2ccccc2C)c1. The van der Waals surface area contributed by atoms with Crippen molar-refractivity contribution in [1.82, 2.24) is 0 Å². The number of hydrogen-bond acceptors (Lipinski definition) is 3. The third-order valence-electron chi connectivity index (χ3n) is 3.22. The van der Waals surface area contributed by atoms with E-state index in [1.807, 2.05) is 26.0 Å². The van der Waals surface area contributed by atoms with E-state index in [0.717, 1.165) is 11.1 Å². The number of benzene rings is 2. The second kappa shape index (κ2) is 5.17. The van der Waals surface area contributed by atoms with Crippen molar-refractivity contribution in [3.05, 3.63) is 53.1 Å². The Kier molecular flexibility index (Phi) is 3.72. The van der Waals surface area contributed by atoms with Crippen molar-refractivity contribution in [1.29, 1.82) is 0 Å². The molecule has 0 aromatic heterocycles. The van der Waals surface area contributed by atoms with Gasteiger partial charge in [0.05, 0.1) is 10.6 Å². The molecule has 2 rings (SSSR count). The maximum atomic E-state index is 12.5. The number of anilines is 2. The first kappa shape index (κ1) is 14.4. The fraction of sp³-hybridized carbons (Fsp3) is 0.200. The van der Waals surface area contributed by atoms with Gasteiger partial charge in [-0.1, -0.05) is 18.2 Å². The van der Waals surface area contributed by atoms with E-state index < -0.39 is 10.0 Å². The molecule has 0 atom stereocenters. The number of aryl methyl sites for hydroxylation is 2. The van der Waals surface area contributed by atoms with Crippen molar-refractivity contribution in [3.8, 4) is 0 Å². The Labute approximate surface area is 119 Å². The number of nitrogen functional groups attached to an aromatic ring is 1. The van der Waals surface area contributed by atoms with Crippen LogP contribution in [0.3, 0.4) is 0 Å². The molecule has 0 unspecified atom stereocenters. The van der Waals surface area contributed by atoms with Gasteiger partial charge in [0.1, 0.15) is 0 Å². The van der Waals surface area contributed by atoms with E-state index in [0.29, 0.717) is 16.9 Å². The van der Waals surface area contributed by atoms with E-state index in [1.165, 1.54) is 0 Å². The summed E-state index contributed by atoms with van der Waals surface area (Å²) in [7, 11) is -3.64. The fourth-order valence-electron chi connectivity index (χ4n) is 2.02. The first-order valence-corrected chi connectivity index (χ1v) is 7.75. The molecule has 20 heavy (non-hydrogen) atoms. The highest BCUT2D eigenvalue weighted by molar-refractivity contribution is 7.92. The molecular formula is C15H18N2O2S. The normalized spacial score (nSPS) is 11.3. The molecule has 0 aliphatic carbocycles. The smallest absolute Gasteiger partial charge is 0.262 e. The Balaban J connectivity index is 2.49. The highest BCUT2D eigenvalue weighted by Gasteiger charge is 2.19. The maximum Gasteiger partial charge on any atom is 0.262 e. The van der Waals surface area contributed by atoms with Crippen LogP contribution in [0.5, 0.6) is 0 Å². The summed E-state index contributed by atoms with van der Waals surface area (Å²) in [6, 6.07) is 10.6. The number of nitrogens with one attached hydrogen (secondary N) is 1. The van der Waals surface area contributed by atoms with Gasteiger partial charge < -0.3 is 5.73 Å². The monoisotopic (exact) mass is 290 g/mol. The Bertz CT molecular complexity index is 752. The summed E-state index contributed by atoms with van der Waals surface area (Å²) in [5.41, 5.74) is 9.16. The van der Waals surface area contributed by atoms with Crippen LogP contribution in [0.4, 0.5) is 11.4 Å². The summed E-state index contributed by atoms with van der Waals surface area (Å²) >= 11 is 0. The average Bonchev–Trinajstić information content (AvgIpc) is 2.36. The summed E-state index contributed by atoms with van der Waals surface area (Å²) in [5.74, 6) is 0. The highest BCUT2D eigenvalue weighted by atomic mass is 32.2. The van der Waals surface area contributed by atoms with Gasteiger partial charge >= 0.3 is 0 Å². The third kappa shape index (κ3) is 2.77. The lowest BCUT2D eigenvalue weighted by atomic mass is 10.1. The molecule has 2 aromatic rings. The second-order valence-corrected chi connectivity index (χ2v) is 6.55. The van der Waals surface area contributed by atoms with Crippen molar-refractivity contribution in [3.63, 3.8) is 0 Å². The second-order valence-electron chi connectivity index (χ2n) is 4.90. The van der Waals surface area contributed by atoms with Crippen molar-refractivity contribution in [2.24, 2.45) is 0 Å². The van der Waals surface area contributed by atoms with Crippen LogP contribution in [0.1, 0.15) is 16.7 Å². The van der Waals surface area contributed by atoms with E-state index in [2.05, 4.69) is 4.72 Å². The van der Waals surface area contributed by atoms with Crippen molar-refractivity contribution in [2.75, 3.05) is 10.5 Å². The molecule has 0 saturated carbocycles. The minimum absolute atomic E-state index is 0.221. The molecule has 0 aliphatic heterocycles. The van der Waals surface area contributed by atoms with E-state index >= 15 is 0 Å². The summed E-state index contributed by atoms with van der Waals surface area (Å²) in [5, 5.41) is 0. The van der Waals surface area contributed by atoms with Gasteiger partial charge in [0, 0.05) is 5.69 Å². The van der Waals surface area contributed by atoms with Crippen LogP contribution in [0.2, 0.25) is 0 Å². The Morgan fingerprint density at radius 2 is 1.70 bits per heavy atom. The third-order valence-corrected chi connectivity index (χ3v) is 4.72. The minimum atomic E-state index is -3.64. The molecule has 0 spiro atoms. The van der Waals surface area contributed by atoms with Crippen LogP contribution in [-0.4, -0.2) is 8.42 Å². The summed E-state index contributed by atoms with van der Waals surface area (Å²) < 4.78 is 27.6. The number of rotatable bonds is 3. The lowest BCUT2D eigenvalue weighted by Crippen LogP contribution is -2.16. The molecule has 3 N–H and O–H groups in total. The molecule has 0 saturated heterocycles. The number of sulfonamides is 1. The van der Waals surface area contributed by atoms with Gasteiger partial charge in [0.25, 0.3) is 10.0 Å². The maximum absolute atomic E-state index is 12.5. The first-order valence-electron chi connectivity index (χ1n) is 6.26. The molecule has 0 aliphatic rings. The largest absolute Gasteiger partial charge is 0.398 e. The molecule has 4 nitrogen and oxygen atoms in total. The quantitative estimate of drug-likeness (QED) is 0.854. The van der Waals surface area contributed by atoms with Gasteiger partial charge in [-0.2, -0.15) is 0 Å². The molecular weight excluding hydrogens is 272 g/mol. The molecule has 0 fully saturated rings. The topological polar surface area (TPSA) is 72.2 Å². The van der Waals surface area contributed by atoms with Crippen LogP contribution >= 0.6 is 0 Å². The van der Waals surface area contributed by atoms with E-state index in [1.54, 1.807) is 31.2 Å². The van der Waals surface area contributed by atoms with Gasteiger partial charge in [-0.15, -0.1) is 0 Å². The predicted molar refractivity (Wildman–Crippen MR) is 82.3 cm³/mol. The number of para-hydroxylation sites is 1. The molecule has 5 heteroatoms. The highest BCUT2D eigenvalue weighted by Crippen LogP contribution is 2.26. The lowest BCUT2D eigenvalue weighted by Gasteiger charge is -2.14. The van der Waals surface area contributed by atoms with Crippen molar-refractivity contribution < 1.29 is 8.42 Å². The Hall–Kier alpha value is -2.01. The van der Waals surface area contributed by atoms with Gasteiger partial charge in [-0.3, -0.25) is 4.72 Å². The first-order chi connectivity index (χ1) is 9.31. The lowest BCUT2D eigenvalue weighted by molar-refractivity contribution is 0.600. The van der Waals surface area contributed by atoms with Crippen LogP contribution in [0.15, 0.2) is 41.3 Å². The van der Waals surface area contributed by atoms with Gasteiger partial charge in [0.15, 0.2) is 0 Å². The number of hydrogen-bond donors (Lipinski definition) is 2. The minimum Gasteiger partial charge on any atom is -0.398 e. The zero-order chi connectivity index (χ0) is 14.9. The van der Waals surface area contributed by atoms with E-state index in [4.69, 9.17) is 5.73 Å². The summed E-state index contributed by atoms with van der Waals surface area (Å²) in [6.07, 6.45) is 0. The van der Waals surface area contributed by atoms with Gasteiger partial charge in [0.2, 0.25) is 0 Å². The van der Waals surface area contributed by atoms with Crippen LogP contribution < -0.4 is 10.5 Å². The van der Waals surface area contributed by atoms with Crippen LogP contribution in [-0.2, 0) is 10.0 Å². The molecule has 0 radical (unpaired) electrons. The molecule has 0 bridgehead atoms.